The number of esters is 1. The molecule has 3 rings (SSSR count). The largest absolute Gasteiger partial charge is 0.496 e. The van der Waals surface area contributed by atoms with Crippen molar-refractivity contribution in [3.8, 4) is 5.75 Å². The number of carbonyl (C=O) groups excluding carboxylic acids is 1. The number of hydrogen-bond donors (Lipinski definition) is 0. The van der Waals surface area contributed by atoms with Gasteiger partial charge in [-0.05, 0) is 39.2 Å². The Morgan fingerprint density at radius 2 is 2.00 bits per heavy atom. The molecule has 0 saturated heterocycles. The van der Waals surface area contributed by atoms with Gasteiger partial charge < -0.3 is 9.47 Å². The Bertz CT molecular complexity index is 1000. The topological polar surface area (TPSA) is 78.6 Å². The van der Waals surface area contributed by atoms with Crippen molar-refractivity contribution in [2.45, 2.75) is 39.0 Å². The normalized spacial score (nSPS) is 11.0. The van der Waals surface area contributed by atoms with Gasteiger partial charge in [0.2, 0.25) is 5.16 Å². The first-order chi connectivity index (χ1) is 12.9. The highest BCUT2D eigenvalue weighted by molar-refractivity contribution is 7.98. The highest BCUT2D eigenvalue weighted by atomic mass is 32.2. The van der Waals surface area contributed by atoms with Gasteiger partial charge in [0.05, 0.1) is 13.5 Å². The summed E-state index contributed by atoms with van der Waals surface area (Å²) in [5.41, 5.74) is 4.33. The molecule has 7 nitrogen and oxygen atoms in total. The van der Waals surface area contributed by atoms with Crippen LogP contribution in [-0.4, -0.2) is 38.9 Å². The maximum absolute atomic E-state index is 12.4. The Morgan fingerprint density at radius 3 is 2.70 bits per heavy atom. The molecule has 0 N–H and O–H groups in total. The van der Waals surface area contributed by atoms with Crippen molar-refractivity contribution in [3.05, 3.63) is 46.3 Å². The lowest BCUT2D eigenvalue weighted by Gasteiger charge is -2.12. The second-order valence-corrected chi connectivity index (χ2v) is 7.00. The molecule has 27 heavy (non-hydrogen) atoms. The SMILES string of the molecule is COc1ccc(C)cc1COC(=O)Cc1c(C)nc2nc(SC)nn2c1C. The molecular formula is C19H22N4O3S. The number of fused-ring (bicyclic) bond motifs is 1. The highest BCUT2D eigenvalue weighted by Crippen LogP contribution is 2.21. The number of rotatable bonds is 6. The molecule has 1 aromatic carbocycles. The van der Waals surface area contributed by atoms with Gasteiger partial charge in [-0.3, -0.25) is 4.79 Å². The summed E-state index contributed by atoms with van der Waals surface area (Å²) in [5.74, 6) is 0.920. The minimum absolute atomic E-state index is 0.128. The fraction of sp³-hybridized carbons (Fsp3) is 0.368. The van der Waals surface area contributed by atoms with Gasteiger partial charge in [0.25, 0.3) is 5.78 Å². The van der Waals surface area contributed by atoms with Gasteiger partial charge in [0.15, 0.2) is 0 Å². The van der Waals surface area contributed by atoms with Crippen LogP contribution in [0.1, 0.15) is 28.1 Å². The van der Waals surface area contributed by atoms with Crippen LogP contribution < -0.4 is 4.74 Å². The minimum atomic E-state index is -0.323. The Morgan fingerprint density at radius 1 is 1.22 bits per heavy atom. The summed E-state index contributed by atoms with van der Waals surface area (Å²) in [4.78, 5) is 21.2. The molecule has 142 valence electrons. The van der Waals surface area contributed by atoms with Gasteiger partial charge >= 0.3 is 5.97 Å². The molecule has 0 spiro atoms. The lowest BCUT2D eigenvalue weighted by Crippen LogP contribution is -2.13. The number of benzene rings is 1. The van der Waals surface area contributed by atoms with E-state index in [-0.39, 0.29) is 19.0 Å². The fourth-order valence-electron chi connectivity index (χ4n) is 2.91. The molecule has 0 unspecified atom stereocenters. The first-order valence-corrected chi connectivity index (χ1v) is 9.71. The Hall–Kier alpha value is -2.61. The molecule has 3 aromatic rings. The number of aryl methyl sites for hydroxylation is 3. The number of aromatic nitrogens is 4. The maximum Gasteiger partial charge on any atom is 0.310 e. The van der Waals surface area contributed by atoms with E-state index in [9.17, 15) is 4.79 Å². The zero-order valence-corrected chi connectivity index (χ0v) is 16.9. The maximum atomic E-state index is 12.4. The number of methoxy groups -OCH3 is 1. The Balaban J connectivity index is 1.77. The number of carbonyl (C=O) groups is 1. The van der Waals surface area contributed by atoms with Crippen LogP contribution in [0.15, 0.2) is 23.4 Å². The van der Waals surface area contributed by atoms with Crippen LogP contribution in [0, 0.1) is 20.8 Å². The van der Waals surface area contributed by atoms with Crippen molar-refractivity contribution in [1.29, 1.82) is 0 Å². The average Bonchev–Trinajstić information content (AvgIpc) is 3.06. The van der Waals surface area contributed by atoms with E-state index in [0.717, 1.165) is 28.1 Å². The molecule has 0 aliphatic rings. The van der Waals surface area contributed by atoms with E-state index in [0.29, 0.717) is 16.7 Å². The second-order valence-electron chi connectivity index (χ2n) is 6.22. The standard InChI is InChI=1S/C19H22N4O3S/c1-11-6-7-16(25-4)14(8-11)10-26-17(24)9-15-12(2)20-18-21-19(27-5)22-23(18)13(15)3/h6-8H,9-10H2,1-5H3. The molecule has 0 saturated carbocycles. The number of thioether (sulfide) groups is 1. The summed E-state index contributed by atoms with van der Waals surface area (Å²) >= 11 is 1.45. The summed E-state index contributed by atoms with van der Waals surface area (Å²) in [6.45, 7) is 5.93. The van der Waals surface area contributed by atoms with Crippen molar-refractivity contribution in [3.63, 3.8) is 0 Å². The molecule has 0 amide bonds. The van der Waals surface area contributed by atoms with Crippen LogP contribution in [0.25, 0.3) is 5.78 Å². The van der Waals surface area contributed by atoms with Crippen LogP contribution in [0.2, 0.25) is 0 Å². The third-order valence-electron chi connectivity index (χ3n) is 4.36. The van der Waals surface area contributed by atoms with Gasteiger partial charge in [-0.2, -0.15) is 4.98 Å². The van der Waals surface area contributed by atoms with E-state index in [1.165, 1.54) is 11.8 Å². The van der Waals surface area contributed by atoms with Crippen molar-refractivity contribution < 1.29 is 14.3 Å². The quantitative estimate of drug-likeness (QED) is 0.476. The van der Waals surface area contributed by atoms with E-state index in [2.05, 4.69) is 15.1 Å². The summed E-state index contributed by atoms with van der Waals surface area (Å²) in [7, 11) is 1.60. The van der Waals surface area contributed by atoms with Crippen molar-refractivity contribution in [2.24, 2.45) is 0 Å². The molecule has 0 fully saturated rings. The first-order valence-electron chi connectivity index (χ1n) is 8.49. The Kier molecular flexibility index (Phi) is 5.65. The molecule has 8 heteroatoms. The van der Waals surface area contributed by atoms with Gasteiger partial charge in [0, 0.05) is 22.5 Å². The molecule has 0 radical (unpaired) electrons. The first kappa shape index (κ1) is 19.2. The van der Waals surface area contributed by atoms with Crippen LogP contribution in [0.4, 0.5) is 0 Å². The summed E-state index contributed by atoms with van der Waals surface area (Å²) in [5, 5.41) is 5.05. The summed E-state index contributed by atoms with van der Waals surface area (Å²) < 4.78 is 12.5. The van der Waals surface area contributed by atoms with Crippen molar-refractivity contribution in [2.75, 3.05) is 13.4 Å². The van der Waals surface area contributed by atoms with E-state index in [1.54, 1.807) is 11.6 Å². The zero-order chi connectivity index (χ0) is 19.6. The van der Waals surface area contributed by atoms with Crippen molar-refractivity contribution >= 4 is 23.5 Å². The van der Waals surface area contributed by atoms with Crippen molar-refractivity contribution in [1.82, 2.24) is 19.6 Å². The highest BCUT2D eigenvalue weighted by Gasteiger charge is 2.17. The second kappa shape index (κ2) is 7.96. The van der Waals surface area contributed by atoms with E-state index >= 15 is 0 Å². The van der Waals surface area contributed by atoms with Crippen LogP contribution in [-0.2, 0) is 22.6 Å². The van der Waals surface area contributed by atoms with E-state index in [1.807, 2.05) is 45.2 Å². The number of hydrogen-bond acceptors (Lipinski definition) is 7. The number of ether oxygens (including phenoxy) is 2. The van der Waals surface area contributed by atoms with Crippen LogP contribution in [0.5, 0.6) is 5.75 Å². The van der Waals surface area contributed by atoms with E-state index < -0.39 is 0 Å². The van der Waals surface area contributed by atoms with Gasteiger partial charge in [0.1, 0.15) is 12.4 Å². The third-order valence-corrected chi connectivity index (χ3v) is 4.90. The van der Waals surface area contributed by atoms with Gasteiger partial charge in [-0.1, -0.05) is 23.4 Å². The lowest BCUT2D eigenvalue weighted by atomic mass is 10.1. The molecule has 0 aliphatic carbocycles. The minimum Gasteiger partial charge on any atom is -0.496 e. The Labute approximate surface area is 162 Å². The molecule has 2 heterocycles. The molecule has 0 bridgehead atoms. The molecule has 0 aliphatic heterocycles. The predicted molar refractivity (Wildman–Crippen MR) is 103 cm³/mol. The monoisotopic (exact) mass is 386 g/mol. The molecular weight excluding hydrogens is 364 g/mol. The summed E-state index contributed by atoms with van der Waals surface area (Å²) in [6, 6.07) is 5.78. The smallest absolute Gasteiger partial charge is 0.310 e. The third kappa shape index (κ3) is 4.05. The zero-order valence-electron chi connectivity index (χ0n) is 16.1. The molecule has 2 aromatic heterocycles. The molecule has 0 atom stereocenters. The van der Waals surface area contributed by atoms with Gasteiger partial charge in [-0.25, -0.2) is 9.50 Å². The lowest BCUT2D eigenvalue weighted by molar-refractivity contribution is -0.144. The van der Waals surface area contributed by atoms with Gasteiger partial charge in [-0.15, -0.1) is 5.10 Å². The fourth-order valence-corrected chi connectivity index (χ4v) is 3.24. The van der Waals surface area contributed by atoms with Crippen LogP contribution in [0.3, 0.4) is 0 Å². The summed E-state index contributed by atoms with van der Waals surface area (Å²) in [6.07, 6.45) is 2.04. The predicted octanol–water partition coefficient (Wildman–Crippen LogP) is 3.07. The average molecular weight is 386 g/mol. The number of nitrogens with zero attached hydrogens (tertiary/aromatic N) is 4. The van der Waals surface area contributed by atoms with Crippen LogP contribution >= 0.6 is 11.8 Å². The van der Waals surface area contributed by atoms with E-state index in [4.69, 9.17) is 9.47 Å².